The Morgan fingerprint density at radius 3 is 2.42 bits per heavy atom. The van der Waals surface area contributed by atoms with Crippen LogP contribution in [0.25, 0.3) is 0 Å². The fourth-order valence-corrected chi connectivity index (χ4v) is 3.66. The molecule has 0 bridgehead atoms. The summed E-state index contributed by atoms with van der Waals surface area (Å²) in [5, 5.41) is 8.99. The van der Waals surface area contributed by atoms with Crippen LogP contribution in [0.2, 0.25) is 0 Å². The van der Waals surface area contributed by atoms with Crippen molar-refractivity contribution in [1.29, 1.82) is 5.26 Å². The van der Waals surface area contributed by atoms with Crippen LogP contribution in [0.5, 0.6) is 5.75 Å². The fraction of sp³-hybridized carbons (Fsp3) is 0.318. The SMILES string of the molecule is COc1ccc(C(=O)CC(c2ccc(C#N)cc2)C2CCCC2=O)cc1. The monoisotopic (exact) mass is 347 g/mol. The third-order valence-electron chi connectivity index (χ3n) is 5.12. The summed E-state index contributed by atoms with van der Waals surface area (Å²) >= 11 is 0. The van der Waals surface area contributed by atoms with Crippen LogP contribution in [-0.2, 0) is 4.79 Å². The van der Waals surface area contributed by atoms with Crippen molar-refractivity contribution in [2.45, 2.75) is 31.6 Å². The zero-order chi connectivity index (χ0) is 18.5. The minimum absolute atomic E-state index is 0.0155. The van der Waals surface area contributed by atoms with Crippen molar-refractivity contribution < 1.29 is 14.3 Å². The number of rotatable bonds is 6. The second-order valence-electron chi connectivity index (χ2n) is 6.66. The minimum Gasteiger partial charge on any atom is -0.497 e. The van der Waals surface area contributed by atoms with Crippen molar-refractivity contribution in [1.82, 2.24) is 0 Å². The molecule has 2 aromatic rings. The second-order valence-corrected chi connectivity index (χ2v) is 6.66. The number of Topliss-reactive ketones (excluding diaryl/α,β-unsaturated/α-hetero) is 2. The molecule has 0 saturated heterocycles. The largest absolute Gasteiger partial charge is 0.497 e. The van der Waals surface area contributed by atoms with Crippen molar-refractivity contribution in [2.24, 2.45) is 5.92 Å². The van der Waals surface area contributed by atoms with E-state index in [9.17, 15) is 9.59 Å². The van der Waals surface area contributed by atoms with Crippen LogP contribution in [0.4, 0.5) is 0 Å². The highest BCUT2D eigenvalue weighted by atomic mass is 16.5. The number of ketones is 2. The number of hydrogen-bond donors (Lipinski definition) is 0. The van der Waals surface area contributed by atoms with Crippen LogP contribution < -0.4 is 4.74 Å². The Bertz CT molecular complexity index is 831. The first kappa shape index (κ1) is 17.9. The van der Waals surface area contributed by atoms with Gasteiger partial charge in [-0.05, 0) is 54.8 Å². The molecule has 0 N–H and O–H groups in total. The number of nitrogens with zero attached hydrogens (tertiary/aromatic N) is 1. The smallest absolute Gasteiger partial charge is 0.163 e. The van der Waals surface area contributed by atoms with Gasteiger partial charge in [-0.25, -0.2) is 0 Å². The lowest BCUT2D eigenvalue weighted by Crippen LogP contribution is -2.20. The maximum absolute atomic E-state index is 12.8. The average Bonchev–Trinajstić information content (AvgIpc) is 3.11. The molecule has 0 aliphatic heterocycles. The lowest BCUT2D eigenvalue weighted by Gasteiger charge is -2.22. The molecule has 132 valence electrons. The molecule has 1 fully saturated rings. The van der Waals surface area contributed by atoms with E-state index in [0.717, 1.165) is 18.4 Å². The van der Waals surface area contributed by atoms with Gasteiger partial charge in [0.1, 0.15) is 11.5 Å². The number of methoxy groups -OCH3 is 1. The normalized spacial score (nSPS) is 17.5. The first-order valence-corrected chi connectivity index (χ1v) is 8.82. The molecule has 26 heavy (non-hydrogen) atoms. The van der Waals surface area contributed by atoms with E-state index in [4.69, 9.17) is 10.00 Å². The van der Waals surface area contributed by atoms with Gasteiger partial charge in [0.2, 0.25) is 0 Å². The molecule has 1 aliphatic rings. The summed E-state index contributed by atoms with van der Waals surface area (Å²) in [6, 6.07) is 16.4. The molecule has 3 rings (SSSR count). The summed E-state index contributed by atoms with van der Waals surface area (Å²) < 4.78 is 5.13. The third kappa shape index (κ3) is 3.83. The highest BCUT2D eigenvalue weighted by molar-refractivity contribution is 5.97. The molecule has 1 saturated carbocycles. The van der Waals surface area contributed by atoms with Gasteiger partial charge in [-0.3, -0.25) is 9.59 Å². The van der Waals surface area contributed by atoms with Crippen molar-refractivity contribution in [2.75, 3.05) is 7.11 Å². The molecule has 1 aliphatic carbocycles. The Kier molecular flexibility index (Phi) is 5.48. The van der Waals surface area contributed by atoms with Crippen LogP contribution in [0.15, 0.2) is 48.5 Å². The van der Waals surface area contributed by atoms with Crippen LogP contribution >= 0.6 is 0 Å². The van der Waals surface area contributed by atoms with E-state index in [1.165, 1.54) is 0 Å². The van der Waals surface area contributed by atoms with Gasteiger partial charge in [0, 0.05) is 30.2 Å². The van der Waals surface area contributed by atoms with E-state index >= 15 is 0 Å². The topological polar surface area (TPSA) is 67.2 Å². The van der Waals surface area contributed by atoms with Crippen LogP contribution in [0.1, 0.15) is 53.1 Å². The van der Waals surface area contributed by atoms with Gasteiger partial charge in [-0.1, -0.05) is 12.1 Å². The Morgan fingerprint density at radius 1 is 1.19 bits per heavy atom. The Labute approximate surface area is 153 Å². The summed E-state index contributed by atoms with van der Waals surface area (Å²) in [6.45, 7) is 0. The van der Waals surface area contributed by atoms with Crippen LogP contribution in [-0.4, -0.2) is 18.7 Å². The summed E-state index contributed by atoms with van der Waals surface area (Å²) in [5.74, 6) is 0.692. The minimum atomic E-state index is -0.146. The summed E-state index contributed by atoms with van der Waals surface area (Å²) in [7, 11) is 1.59. The third-order valence-corrected chi connectivity index (χ3v) is 5.12. The first-order chi connectivity index (χ1) is 12.6. The van der Waals surface area contributed by atoms with Gasteiger partial charge in [-0.2, -0.15) is 5.26 Å². The first-order valence-electron chi connectivity index (χ1n) is 8.82. The average molecular weight is 347 g/mol. The number of benzene rings is 2. The van der Waals surface area contributed by atoms with Gasteiger partial charge in [0.05, 0.1) is 18.7 Å². The quantitative estimate of drug-likeness (QED) is 0.731. The standard InChI is InChI=1S/C22H21NO3/c1-26-18-11-9-17(10-12-18)22(25)13-20(19-3-2-4-21(19)24)16-7-5-15(14-23)6-8-16/h5-12,19-20H,2-4,13H2,1H3. The van der Waals surface area contributed by atoms with E-state index in [0.29, 0.717) is 23.3 Å². The Hall–Kier alpha value is -2.93. The second kappa shape index (κ2) is 7.97. The van der Waals surface area contributed by atoms with Gasteiger partial charge in [0.15, 0.2) is 5.78 Å². The Morgan fingerprint density at radius 2 is 1.88 bits per heavy atom. The van der Waals surface area contributed by atoms with Crippen molar-refractivity contribution in [3.63, 3.8) is 0 Å². The molecule has 0 radical (unpaired) electrons. The molecule has 2 aromatic carbocycles. The number of nitriles is 1. The van der Waals surface area contributed by atoms with E-state index in [1.807, 2.05) is 12.1 Å². The van der Waals surface area contributed by atoms with Crippen molar-refractivity contribution in [3.05, 3.63) is 65.2 Å². The molecule has 4 nitrogen and oxygen atoms in total. The highest BCUT2D eigenvalue weighted by Crippen LogP contribution is 2.38. The maximum atomic E-state index is 12.8. The number of carbonyl (C=O) groups is 2. The number of hydrogen-bond acceptors (Lipinski definition) is 4. The molecular formula is C22H21NO3. The summed E-state index contributed by atoms with van der Waals surface area (Å²) in [4.78, 5) is 25.1. The summed E-state index contributed by atoms with van der Waals surface area (Å²) in [5.41, 5.74) is 2.15. The molecule has 2 atom stereocenters. The van der Waals surface area contributed by atoms with Crippen LogP contribution in [0, 0.1) is 17.2 Å². The lowest BCUT2D eigenvalue weighted by atomic mass is 9.80. The molecule has 0 spiro atoms. The van der Waals surface area contributed by atoms with Crippen molar-refractivity contribution in [3.8, 4) is 11.8 Å². The summed E-state index contributed by atoms with van der Waals surface area (Å²) in [6.07, 6.45) is 2.58. The molecule has 2 unspecified atom stereocenters. The highest BCUT2D eigenvalue weighted by Gasteiger charge is 2.34. The van der Waals surface area contributed by atoms with E-state index in [2.05, 4.69) is 6.07 Å². The van der Waals surface area contributed by atoms with Gasteiger partial charge in [0.25, 0.3) is 0 Å². The van der Waals surface area contributed by atoms with Gasteiger partial charge >= 0.3 is 0 Å². The van der Waals surface area contributed by atoms with Crippen LogP contribution in [0.3, 0.4) is 0 Å². The zero-order valence-electron chi connectivity index (χ0n) is 14.8. The molecular weight excluding hydrogens is 326 g/mol. The molecule has 0 aromatic heterocycles. The molecule has 0 amide bonds. The maximum Gasteiger partial charge on any atom is 0.163 e. The van der Waals surface area contributed by atoms with E-state index < -0.39 is 0 Å². The predicted octanol–water partition coefficient (Wildman–Crippen LogP) is 4.29. The fourth-order valence-electron chi connectivity index (χ4n) is 3.66. The van der Waals surface area contributed by atoms with Gasteiger partial charge < -0.3 is 4.74 Å². The van der Waals surface area contributed by atoms with Gasteiger partial charge in [-0.15, -0.1) is 0 Å². The van der Waals surface area contributed by atoms with E-state index in [-0.39, 0.29) is 29.8 Å². The predicted molar refractivity (Wildman–Crippen MR) is 98.2 cm³/mol. The number of carbonyl (C=O) groups excluding carboxylic acids is 2. The zero-order valence-corrected chi connectivity index (χ0v) is 14.8. The molecule has 0 heterocycles. The van der Waals surface area contributed by atoms with E-state index in [1.54, 1.807) is 43.5 Å². The molecule has 4 heteroatoms. The number of ether oxygens (including phenoxy) is 1. The van der Waals surface area contributed by atoms with Crippen molar-refractivity contribution >= 4 is 11.6 Å². The Balaban J connectivity index is 1.85. The lowest BCUT2D eigenvalue weighted by molar-refractivity contribution is -0.121.